The summed E-state index contributed by atoms with van der Waals surface area (Å²) in [6, 6.07) is 0. The van der Waals surface area contributed by atoms with Crippen LogP contribution in [0.3, 0.4) is 0 Å². The van der Waals surface area contributed by atoms with Gasteiger partial charge in [0.2, 0.25) is 5.91 Å². The molecule has 1 unspecified atom stereocenters. The van der Waals surface area contributed by atoms with Crippen LogP contribution in [0.1, 0.15) is 65.2 Å². The second-order valence-electron chi connectivity index (χ2n) is 6.33. The molecule has 1 amide bonds. The topological polar surface area (TPSA) is 23.6 Å². The first-order valence-corrected chi connectivity index (χ1v) is 8.39. The van der Waals surface area contributed by atoms with Crippen molar-refractivity contribution in [2.75, 3.05) is 34.2 Å². The molecule has 0 saturated carbocycles. The van der Waals surface area contributed by atoms with Crippen LogP contribution in [0.25, 0.3) is 0 Å². The van der Waals surface area contributed by atoms with E-state index in [-0.39, 0.29) is 0 Å². The third-order valence-corrected chi connectivity index (χ3v) is 3.95. The van der Waals surface area contributed by atoms with E-state index < -0.39 is 0 Å². The number of hydrogen-bond donors (Lipinski definition) is 0. The molecule has 0 rings (SSSR count). The van der Waals surface area contributed by atoms with E-state index in [1.165, 1.54) is 44.9 Å². The Balaban J connectivity index is 4.13. The molecular weight excluding hydrogens is 248 g/mol. The summed E-state index contributed by atoms with van der Waals surface area (Å²) in [7, 11) is 6.04. The number of carbonyl (C=O) groups is 1. The van der Waals surface area contributed by atoms with Gasteiger partial charge in [-0.1, -0.05) is 46.0 Å². The summed E-state index contributed by atoms with van der Waals surface area (Å²) >= 11 is 0. The Morgan fingerprint density at radius 1 is 0.900 bits per heavy atom. The number of unbranched alkanes of at least 4 members (excludes halogenated alkanes) is 3. The van der Waals surface area contributed by atoms with Crippen molar-refractivity contribution < 1.29 is 4.79 Å². The highest BCUT2D eigenvalue weighted by molar-refractivity contribution is 5.76. The number of hydrogen-bond acceptors (Lipinski definition) is 2. The Labute approximate surface area is 126 Å². The summed E-state index contributed by atoms with van der Waals surface area (Å²) in [6.45, 7) is 6.24. The van der Waals surface area contributed by atoms with Crippen LogP contribution in [-0.4, -0.2) is 49.9 Å². The standard InChI is InChI=1S/C17H36N2O/c1-6-8-10-12-16(11-9-7-2)15-17(20)19(5)14-13-18(3)4/h16H,6-15H2,1-5H3. The maximum atomic E-state index is 12.3. The van der Waals surface area contributed by atoms with Gasteiger partial charge in [-0.15, -0.1) is 0 Å². The van der Waals surface area contributed by atoms with Gasteiger partial charge >= 0.3 is 0 Å². The van der Waals surface area contributed by atoms with Crippen molar-refractivity contribution in [3.05, 3.63) is 0 Å². The Hall–Kier alpha value is -0.570. The summed E-state index contributed by atoms with van der Waals surface area (Å²) in [5, 5.41) is 0. The molecule has 0 fully saturated rings. The Bertz CT molecular complexity index is 241. The molecule has 0 aromatic heterocycles. The molecule has 0 aromatic rings. The van der Waals surface area contributed by atoms with Gasteiger partial charge in [0.15, 0.2) is 0 Å². The maximum absolute atomic E-state index is 12.3. The highest BCUT2D eigenvalue weighted by atomic mass is 16.2. The van der Waals surface area contributed by atoms with Crippen LogP contribution in [0.5, 0.6) is 0 Å². The zero-order chi connectivity index (χ0) is 15.4. The molecule has 0 heterocycles. The van der Waals surface area contributed by atoms with Crippen molar-refractivity contribution in [3.8, 4) is 0 Å². The van der Waals surface area contributed by atoms with E-state index in [1.54, 1.807) is 0 Å². The highest BCUT2D eigenvalue weighted by Gasteiger charge is 2.16. The quantitative estimate of drug-likeness (QED) is 0.509. The number of rotatable bonds is 12. The summed E-state index contributed by atoms with van der Waals surface area (Å²) in [4.78, 5) is 16.3. The lowest BCUT2D eigenvalue weighted by atomic mass is 9.92. The molecule has 0 aliphatic heterocycles. The minimum absolute atomic E-state index is 0.324. The SMILES string of the molecule is CCCCCC(CCCC)CC(=O)N(C)CCN(C)C. The van der Waals surface area contributed by atoms with Crippen molar-refractivity contribution in [1.82, 2.24) is 9.80 Å². The predicted octanol–water partition coefficient (Wildman–Crippen LogP) is 3.78. The molecule has 120 valence electrons. The third-order valence-electron chi connectivity index (χ3n) is 3.95. The summed E-state index contributed by atoms with van der Waals surface area (Å²) < 4.78 is 0. The molecule has 0 radical (unpaired) electrons. The number of nitrogens with zero attached hydrogens (tertiary/aromatic N) is 2. The van der Waals surface area contributed by atoms with Gasteiger partial charge in [0.25, 0.3) is 0 Å². The average Bonchev–Trinajstić information content (AvgIpc) is 2.41. The van der Waals surface area contributed by atoms with E-state index in [0.29, 0.717) is 11.8 Å². The van der Waals surface area contributed by atoms with Gasteiger partial charge in [-0.3, -0.25) is 4.79 Å². The van der Waals surface area contributed by atoms with Gasteiger partial charge in [-0.25, -0.2) is 0 Å². The zero-order valence-electron chi connectivity index (χ0n) is 14.5. The first-order chi connectivity index (χ1) is 9.51. The lowest BCUT2D eigenvalue weighted by Crippen LogP contribution is -2.34. The first-order valence-electron chi connectivity index (χ1n) is 8.39. The predicted molar refractivity (Wildman–Crippen MR) is 88.0 cm³/mol. The number of amides is 1. The minimum atomic E-state index is 0.324. The molecule has 20 heavy (non-hydrogen) atoms. The lowest BCUT2D eigenvalue weighted by Gasteiger charge is -2.23. The van der Waals surface area contributed by atoms with Crippen LogP contribution in [0.4, 0.5) is 0 Å². The van der Waals surface area contributed by atoms with E-state index in [9.17, 15) is 4.79 Å². The van der Waals surface area contributed by atoms with Crippen molar-refractivity contribution in [1.29, 1.82) is 0 Å². The van der Waals surface area contributed by atoms with E-state index in [4.69, 9.17) is 0 Å². The molecule has 0 aliphatic carbocycles. The third kappa shape index (κ3) is 10.2. The molecule has 3 heteroatoms. The van der Waals surface area contributed by atoms with Crippen LogP contribution in [-0.2, 0) is 4.79 Å². The highest BCUT2D eigenvalue weighted by Crippen LogP contribution is 2.21. The average molecular weight is 284 g/mol. The summed E-state index contributed by atoms with van der Waals surface area (Å²) in [5.74, 6) is 0.917. The largest absolute Gasteiger partial charge is 0.344 e. The smallest absolute Gasteiger partial charge is 0.222 e. The van der Waals surface area contributed by atoms with Crippen LogP contribution in [0, 0.1) is 5.92 Å². The van der Waals surface area contributed by atoms with Crippen LogP contribution >= 0.6 is 0 Å². The summed E-state index contributed by atoms with van der Waals surface area (Å²) in [5.41, 5.74) is 0. The molecule has 0 saturated heterocycles. The van der Waals surface area contributed by atoms with Gasteiger partial charge in [-0.05, 0) is 32.9 Å². The fourth-order valence-electron chi connectivity index (χ4n) is 2.40. The molecule has 1 atom stereocenters. The van der Waals surface area contributed by atoms with E-state index >= 15 is 0 Å². The molecule has 0 N–H and O–H groups in total. The van der Waals surface area contributed by atoms with Crippen molar-refractivity contribution >= 4 is 5.91 Å². The van der Waals surface area contributed by atoms with Gasteiger partial charge in [0.1, 0.15) is 0 Å². The van der Waals surface area contributed by atoms with Gasteiger partial charge in [0.05, 0.1) is 0 Å². The monoisotopic (exact) mass is 284 g/mol. The van der Waals surface area contributed by atoms with Crippen molar-refractivity contribution in [2.24, 2.45) is 5.92 Å². The molecule has 0 aromatic carbocycles. The second kappa shape index (κ2) is 12.2. The normalized spacial score (nSPS) is 12.7. The minimum Gasteiger partial charge on any atom is -0.344 e. The van der Waals surface area contributed by atoms with Crippen LogP contribution in [0.2, 0.25) is 0 Å². The second-order valence-corrected chi connectivity index (χ2v) is 6.33. The van der Waals surface area contributed by atoms with Crippen molar-refractivity contribution in [3.63, 3.8) is 0 Å². The van der Waals surface area contributed by atoms with E-state index in [2.05, 4.69) is 18.7 Å². The maximum Gasteiger partial charge on any atom is 0.222 e. The Morgan fingerprint density at radius 2 is 1.50 bits per heavy atom. The van der Waals surface area contributed by atoms with Crippen LogP contribution in [0.15, 0.2) is 0 Å². The number of carbonyl (C=O) groups excluding carboxylic acids is 1. The fraction of sp³-hybridized carbons (Fsp3) is 0.941. The number of likely N-dealkylation sites (N-methyl/N-ethyl adjacent to an activating group) is 2. The molecular formula is C17H36N2O. The zero-order valence-corrected chi connectivity index (χ0v) is 14.5. The van der Waals surface area contributed by atoms with Gasteiger partial charge in [-0.2, -0.15) is 0 Å². The van der Waals surface area contributed by atoms with E-state index in [1.807, 2.05) is 26.0 Å². The Kier molecular flexibility index (Phi) is 11.8. The van der Waals surface area contributed by atoms with Crippen molar-refractivity contribution in [2.45, 2.75) is 65.2 Å². The molecule has 0 bridgehead atoms. The molecule has 0 spiro atoms. The van der Waals surface area contributed by atoms with Gasteiger partial charge < -0.3 is 9.80 Å². The van der Waals surface area contributed by atoms with E-state index in [0.717, 1.165) is 19.5 Å². The first kappa shape index (κ1) is 19.4. The lowest BCUT2D eigenvalue weighted by molar-refractivity contribution is -0.131. The van der Waals surface area contributed by atoms with Crippen LogP contribution < -0.4 is 0 Å². The Morgan fingerprint density at radius 3 is 2.05 bits per heavy atom. The molecule has 3 nitrogen and oxygen atoms in total. The van der Waals surface area contributed by atoms with Gasteiger partial charge in [0, 0.05) is 26.6 Å². The fourth-order valence-corrected chi connectivity index (χ4v) is 2.40. The molecule has 0 aliphatic rings. The summed E-state index contributed by atoms with van der Waals surface area (Å²) in [6.07, 6.45) is 9.51.